The van der Waals surface area contributed by atoms with E-state index in [1.54, 1.807) is 17.7 Å². The first-order valence-electron chi connectivity index (χ1n) is 8.17. The average Bonchev–Trinajstić information content (AvgIpc) is 3.12. The molecule has 0 amide bonds. The Labute approximate surface area is 145 Å². The van der Waals surface area contributed by atoms with Gasteiger partial charge in [0.25, 0.3) is 0 Å². The third-order valence-electron chi connectivity index (χ3n) is 4.52. The summed E-state index contributed by atoms with van der Waals surface area (Å²) in [5.41, 5.74) is 2.26. The van der Waals surface area contributed by atoms with Crippen LogP contribution in [-0.2, 0) is 13.2 Å². The van der Waals surface area contributed by atoms with Crippen molar-refractivity contribution in [1.82, 2.24) is 14.9 Å². The summed E-state index contributed by atoms with van der Waals surface area (Å²) >= 11 is 1.66. The van der Waals surface area contributed by atoms with E-state index in [-0.39, 0.29) is 6.61 Å². The van der Waals surface area contributed by atoms with Gasteiger partial charge in [0.05, 0.1) is 12.0 Å². The van der Waals surface area contributed by atoms with E-state index in [0.29, 0.717) is 0 Å². The highest BCUT2D eigenvalue weighted by molar-refractivity contribution is 7.16. The second-order valence-electron chi connectivity index (χ2n) is 6.07. The lowest BCUT2D eigenvalue weighted by Crippen LogP contribution is -2.46. The fourth-order valence-electron chi connectivity index (χ4n) is 3.16. The van der Waals surface area contributed by atoms with Crippen LogP contribution in [0.15, 0.2) is 42.0 Å². The van der Waals surface area contributed by atoms with Crippen molar-refractivity contribution in [3.05, 3.63) is 53.2 Å². The third kappa shape index (κ3) is 3.13. The molecule has 0 bridgehead atoms. The van der Waals surface area contributed by atoms with Crippen molar-refractivity contribution in [3.8, 4) is 0 Å². The van der Waals surface area contributed by atoms with Crippen molar-refractivity contribution in [2.24, 2.45) is 0 Å². The van der Waals surface area contributed by atoms with Crippen LogP contribution in [-0.4, -0.2) is 46.2 Å². The van der Waals surface area contributed by atoms with E-state index in [1.807, 2.05) is 12.1 Å². The SMILES string of the molecule is OCc1ccc(CN2CCN(c3ncnc4sccc34)CC2)cc1. The molecular weight excluding hydrogens is 320 g/mol. The molecule has 1 saturated heterocycles. The lowest BCUT2D eigenvalue weighted by molar-refractivity contribution is 0.249. The third-order valence-corrected chi connectivity index (χ3v) is 5.34. The minimum Gasteiger partial charge on any atom is -0.392 e. The molecule has 3 heterocycles. The molecule has 1 fully saturated rings. The zero-order valence-corrected chi connectivity index (χ0v) is 14.2. The van der Waals surface area contributed by atoms with Crippen molar-refractivity contribution in [3.63, 3.8) is 0 Å². The van der Waals surface area contributed by atoms with E-state index in [1.165, 1.54) is 5.56 Å². The summed E-state index contributed by atoms with van der Waals surface area (Å²) in [7, 11) is 0. The van der Waals surface area contributed by atoms with E-state index in [9.17, 15) is 0 Å². The molecule has 0 atom stereocenters. The molecule has 6 heteroatoms. The van der Waals surface area contributed by atoms with Crippen LogP contribution in [0.2, 0.25) is 0 Å². The summed E-state index contributed by atoms with van der Waals surface area (Å²) in [6.45, 7) is 5.08. The largest absolute Gasteiger partial charge is 0.392 e. The van der Waals surface area contributed by atoms with Crippen LogP contribution in [0.1, 0.15) is 11.1 Å². The highest BCUT2D eigenvalue weighted by Gasteiger charge is 2.20. The molecule has 2 aromatic heterocycles. The van der Waals surface area contributed by atoms with Crippen molar-refractivity contribution < 1.29 is 5.11 Å². The van der Waals surface area contributed by atoms with E-state index in [4.69, 9.17) is 5.11 Å². The lowest BCUT2D eigenvalue weighted by atomic mass is 10.1. The van der Waals surface area contributed by atoms with Gasteiger partial charge in [-0.15, -0.1) is 11.3 Å². The zero-order chi connectivity index (χ0) is 16.4. The first kappa shape index (κ1) is 15.5. The number of nitrogens with zero attached hydrogens (tertiary/aromatic N) is 4. The van der Waals surface area contributed by atoms with Gasteiger partial charge in [-0.2, -0.15) is 0 Å². The van der Waals surface area contributed by atoms with Crippen LogP contribution in [0.25, 0.3) is 10.2 Å². The molecule has 1 N–H and O–H groups in total. The smallest absolute Gasteiger partial charge is 0.140 e. The molecule has 0 spiro atoms. The molecule has 1 aliphatic heterocycles. The number of benzene rings is 1. The maximum absolute atomic E-state index is 9.12. The lowest BCUT2D eigenvalue weighted by Gasteiger charge is -2.35. The van der Waals surface area contributed by atoms with E-state index >= 15 is 0 Å². The Morgan fingerprint density at radius 3 is 2.46 bits per heavy atom. The van der Waals surface area contributed by atoms with Gasteiger partial charge in [-0.05, 0) is 22.6 Å². The van der Waals surface area contributed by atoms with Crippen LogP contribution in [0, 0.1) is 0 Å². The number of aromatic nitrogens is 2. The Morgan fingerprint density at radius 2 is 1.71 bits per heavy atom. The molecule has 1 aliphatic rings. The molecule has 5 nitrogen and oxygen atoms in total. The number of thiophene rings is 1. The van der Waals surface area contributed by atoms with Crippen LogP contribution in [0.5, 0.6) is 0 Å². The standard InChI is InChI=1S/C18H20N4OS/c23-12-15-3-1-14(2-4-15)11-21-6-8-22(9-7-21)17-16-5-10-24-18(16)20-13-19-17/h1-5,10,13,23H,6-9,11-12H2. The van der Waals surface area contributed by atoms with E-state index in [2.05, 4.69) is 43.3 Å². The second kappa shape index (κ2) is 6.84. The quantitative estimate of drug-likeness (QED) is 0.791. The van der Waals surface area contributed by atoms with Crippen LogP contribution in [0.3, 0.4) is 0 Å². The Morgan fingerprint density at radius 1 is 0.958 bits per heavy atom. The van der Waals surface area contributed by atoms with Gasteiger partial charge >= 0.3 is 0 Å². The minimum absolute atomic E-state index is 0.106. The number of hydrogen-bond donors (Lipinski definition) is 1. The Kier molecular flexibility index (Phi) is 4.42. The van der Waals surface area contributed by atoms with Crippen LogP contribution in [0.4, 0.5) is 5.82 Å². The highest BCUT2D eigenvalue weighted by Crippen LogP contribution is 2.27. The number of fused-ring (bicyclic) bond motifs is 1. The summed E-state index contributed by atoms with van der Waals surface area (Å²) in [6, 6.07) is 10.3. The number of anilines is 1. The van der Waals surface area contributed by atoms with Crippen molar-refractivity contribution in [1.29, 1.82) is 0 Å². The fraction of sp³-hybridized carbons (Fsp3) is 0.333. The van der Waals surface area contributed by atoms with Crippen molar-refractivity contribution in [2.45, 2.75) is 13.2 Å². The van der Waals surface area contributed by atoms with E-state index in [0.717, 1.165) is 54.3 Å². The number of piperazine rings is 1. The summed E-state index contributed by atoms with van der Waals surface area (Å²) in [5.74, 6) is 1.06. The Balaban J connectivity index is 1.40. The van der Waals surface area contributed by atoms with Gasteiger partial charge in [-0.1, -0.05) is 24.3 Å². The first-order valence-corrected chi connectivity index (χ1v) is 9.05. The van der Waals surface area contributed by atoms with Gasteiger partial charge in [-0.3, -0.25) is 4.90 Å². The van der Waals surface area contributed by atoms with Crippen molar-refractivity contribution in [2.75, 3.05) is 31.1 Å². The number of aliphatic hydroxyl groups is 1. The van der Waals surface area contributed by atoms with Gasteiger partial charge in [0.2, 0.25) is 0 Å². The monoisotopic (exact) mass is 340 g/mol. The second-order valence-corrected chi connectivity index (χ2v) is 6.97. The maximum atomic E-state index is 9.12. The number of hydrogen-bond acceptors (Lipinski definition) is 6. The number of aliphatic hydroxyl groups excluding tert-OH is 1. The Bertz CT molecular complexity index is 809. The highest BCUT2D eigenvalue weighted by atomic mass is 32.1. The van der Waals surface area contributed by atoms with Gasteiger partial charge in [0.1, 0.15) is 17.0 Å². The molecule has 0 aliphatic carbocycles. The van der Waals surface area contributed by atoms with Crippen molar-refractivity contribution >= 4 is 27.4 Å². The van der Waals surface area contributed by atoms with Crippen LogP contribution >= 0.6 is 11.3 Å². The molecule has 0 unspecified atom stereocenters. The van der Waals surface area contributed by atoms with Gasteiger partial charge in [0, 0.05) is 32.7 Å². The molecule has 24 heavy (non-hydrogen) atoms. The van der Waals surface area contributed by atoms with Crippen LogP contribution < -0.4 is 4.90 Å². The average molecular weight is 340 g/mol. The van der Waals surface area contributed by atoms with Gasteiger partial charge in [0.15, 0.2) is 0 Å². The molecule has 124 valence electrons. The maximum Gasteiger partial charge on any atom is 0.140 e. The number of rotatable bonds is 4. The normalized spacial score (nSPS) is 16.0. The van der Waals surface area contributed by atoms with E-state index < -0.39 is 0 Å². The Hall–Kier alpha value is -2.02. The minimum atomic E-state index is 0.106. The van der Waals surface area contributed by atoms with Gasteiger partial charge in [-0.25, -0.2) is 9.97 Å². The van der Waals surface area contributed by atoms with Gasteiger partial charge < -0.3 is 10.0 Å². The topological polar surface area (TPSA) is 52.5 Å². The first-order chi connectivity index (χ1) is 11.8. The molecule has 1 aromatic carbocycles. The molecular formula is C18H20N4OS. The molecule has 0 saturated carbocycles. The molecule has 4 rings (SSSR count). The summed E-state index contributed by atoms with van der Waals surface area (Å²) in [6.07, 6.45) is 1.67. The predicted octanol–water partition coefficient (Wildman–Crippen LogP) is 2.51. The molecule has 0 radical (unpaired) electrons. The predicted molar refractivity (Wildman–Crippen MR) is 97.3 cm³/mol. The fourth-order valence-corrected chi connectivity index (χ4v) is 3.88. The molecule has 3 aromatic rings. The zero-order valence-electron chi connectivity index (χ0n) is 13.4. The summed E-state index contributed by atoms with van der Waals surface area (Å²) in [5, 5.41) is 12.4. The summed E-state index contributed by atoms with van der Waals surface area (Å²) in [4.78, 5) is 14.7. The summed E-state index contributed by atoms with van der Waals surface area (Å²) < 4.78 is 0.